The summed E-state index contributed by atoms with van der Waals surface area (Å²) in [5.74, 6) is 0. The zero-order valence-corrected chi connectivity index (χ0v) is 12.9. The van der Waals surface area contributed by atoms with E-state index in [4.69, 9.17) is 16.3 Å². The van der Waals surface area contributed by atoms with E-state index in [0.717, 1.165) is 0 Å². The van der Waals surface area contributed by atoms with Crippen molar-refractivity contribution in [1.29, 1.82) is 0 Å². The largest absolute Gasteiger partial charge is 0.383 e. The van der Waals surface area contributed by atoms with Gasteiger partial charge in [0.1, 0.15) is 5.02 Å². The van der Waals surface area contributed by atoms with Crippen molar-refractivity contribution in [2.45, 2.75) is 20.0 Å². The molecule has 0 aromatic carbocycles. The van der Waals surface area contributed by atoms with E-state index in [0.29, 0.717) is 25.4 Å². The van der Waals surface area contributed by atoms with Gasteiger partial charge < -0.3 is 10.1 Å². The molecule has 0 atom stereocenters. The van der Waals surface area contributed by atoms with Crippen molar-refractivity contribution in [2.75, 3.05) is 19.0 Å². The van der Waals surface area contributed by atoms with E-state index in [2.05, 4.69) is 23.4 Å². The Bertz CT molecular complexity index is 639. The molecule has 0 saturated heterocycles. The second-order valence-electron chi connectivity index (χ2n) is 4.26. The highest BCUT2D eigenvalue weighted by Crippen LogP contribution is 2.19. The molecule has 108 valence electrons. The molecule has 0 unspecified atom stereocenters. The van der Waals surface area contributed by atoms with E-state index in [-0.39, 0.29) is 10.6 Å². The van der Waals surface area contributed by atoms with E-state index in [1.54, 1.807) is 24.6 Å². The molecule has 0 fully saturated rings. The van der Waals surface area contributed by atoms with Crippen LogP contribution in [0.15, 0.2) is 23.1 Å². The molecule has 0 aliphatic rings. The van der Waals surface area contributed by atoms with Crippen molar-refractivity contribution < 1.29 is 4.74 Å². The maximum absolute atomic E-state index is 12.0. The molecule has 0 aliphatic carbocycles. The second kappa shape index (κ2) is 6.88. The summed E-state index contributed by atoms with van der Waals surface area (Å²) in [5.41, 5.74) is 0.243. The fourth-order valence-corrected chi connectivity index (χ4v) is 2.73. The first-order chi connectivity index (χ1) is 9.61. The van der Waals surface area contributed by atoms with Crippen LogP contribution in [0.5, 0.6) is 0 Å². The van der Waals surface area contributed by atoms with Crippen molar-refractivity contribution in [3.63, 3.8) is 0 Å². The monoisotopic (exact) mass is 313 g/mol. The smallest absolute Gasteiger partial charge is 0.287 e. The molecular weight excluding hydrogens is 298 g/mol. The SMILES string of the molecule is COCCn1ncc(NCc2ccc(C)s2)c(Cl)c1=O. The molecule has 2 aromatic rings. The summed E-state index contributed by atoms with van der Waals surface area (Å²) in [6, 6.07) is 4.11. The fourth-order valence-electron chi connectivity index (χ4n) is 1.69. The van der Waals surface area contributed by atoms with Gasteiger partial charge in [-0.05, 0) is 19.1 Å². The third kappa shape index (κ3) is 3.59. The van der Waals surface area contributed by atoms with Gasteiger partial charge in [0.2, 0.25) is 0 Å². The quantitative estimate of drug-likeness (QED) is 0.890. The summed E-state index contributed by atoms with van der Waals surface area (Å²) in [4.78, 5) is 14.4. The molecule has 1 N–H and O–H groups in total. The van der Waals surface area contributed by atoms with E-state index >= 15 is 0 Å². The standard InChI is InChI=1S/C13H16ClN3O2S/c1-9-3-4-10(20-9)7-15-11-8-16-17(5-6-19-2)13(18)12(11)14/h3-4,8,15H,5-7H2,1-2H3. The number of hydrogen-bond acceptors (Lipinski definition) is 5. The minimum absolute atomic E-state index is 0.157. The second-order valence-corrected chi connectivity index (χ2v) is 6.01. The molecule has 0 bridgehead atoms. The molecule has 7 heteroatoms. The maximum Gasteiger partial charge on any atom is 0.287 e. The molecule has 0 amide bonds. The Morgan fingerprint density at radius 1 is 1.50 bits per heavy atom. The maximum atomic E-state index is 12.0. The van der Waals surface area contributed by atoms with Gasteiger partial charge in [-0.15, -0.1) is 11.3 Å². The summed E-state index contributed by atoms with van der Waals surface area (Å²) < 4.78 is 6.22. The van der Waals surface area contributed by atoms with Gasteiger partial charge in [0, 0.05) is 23.4 Å². The van der Waals surface area contributed by atoms with Gasteiger partial charge in [0.25, 0.3) is 5.56 Å². The predicted octanol–water partition coefficient (Wildman–Crippen LogP) is 2.53. The van der Waals surface area contributed by atoms with Gasteiger partial charge in [0.05, 0.1) is 25.0 Å². The van der Waals surface area contributed by atoms with Crippen LogP contribution in [0.2, 0.25) is 5.02 Å². The minimum Gasteiger partial charge on any atom is -0.383 e. The lowest BCUT2D eigenvalue weighted by Gasteiger charge is -2.09. The van der Waals surface area contributed by atoms with Crippen LogP contribution >= 0.6 is 22.9 Å². The van der Waals surface area contributed by atoms with E-state index in [1.807, 2.05) is 6.07 Å². The summed E-state index contributed by atoms with van der Waals surface area (Å²) >= 11 is 7.78. The number of aryl methyl sites for hydroxylation is 1. The Hall–Kier alpha value is -1.37. The Kier molecular flexibility index (Phi) is 5.17. The lowest BCUT2D eigenvalue weighted by molar-refractivity contribution is 0.182. The normalized spacial score (nSPS) is 10.8. The van der Waals surface area contributed by atoms with Gasteiger partial charge >= 0.3 is 0 Å². The Morgan fingerprint density at radius 2 is 2.30 bits per heavy atom. The van der Waals surface area contributed by atoms with Crippen molar-refractivity contribution >= 4 is 28.6 Å². The number of thiophene rings is 1. The lowest BCUT2D eigenvalue weighted by atomic mass is 10.4. The average Bonchev–Trinajstić information content (AvgIpc) is 2.85. The first-order valence-corrected chi connectivity index (χ1v) is 7.35. The number of hydrogen-bond donors (Lipinski definition) is 1. The number of nitrogens with zero attached hydrogens (tertiary/aromatic N) is 2. The molecule has 0 saturated carbocycles. The Labute approximate surface area is 126 Å². The third-order valence-electron chi connectivity index (χ3n) is 2.74. The highest BCUT2D eigenvalue weighted by atomic mass is 35.5. The number of anilines is 1. The molecule has 5 nitrogen and oxygen atoms in total. The molecule has 0 spiro atoms. The Balaban J connectivity index is 2.09. The molecule has 0 aliphatic heterocycles. The number of halogens is 1. The minimum atomic E-state index is -0.309. The van der Waals surface area contributed by atoms with Gasteiger partial charge in [-0.1, -0.05) is 11.6 Å². The number of rotatable bonds is 6. The first-order valence-electron chi connectivity index (χ1n) is 6.15. The van der Waals surface area contributed by atoms with E-state index in [9.17, 15) is 4.79 Å². The zero-order chi connectivity index (χ0) is 14.5. The van der Waals surface area contributed by atoms with Crippen LogP contribution in [-0.2, 0) is 17.8 Å². The van der Waals surface area contributed by atoms with Gasteiger partial charge in [-0.2, -0.15) is 5.10 Å². The van der Waals surface area contributed by atoms with Gasteiger partial charge in [-0.3, -0.25) is 4.79 Å². The van der Waals surface area contributed by atoms with Crippen LogP contribution in [-0.4, -0.2) is 23.5 Å². The number of methoxy groups -OCH3 is 1. The summed E-state index contributed by atoms with van der Waals surface area (Å²) in [5, 5.41) is 7.37. The van der Waals surface area contributed by atoms with Gasteiger partial charge in [-0.25, -0.2) is 4.68 Å². The first kappa shape index (κ1) is 15.0. The predicted molar refractivity (Wildman–Crippen MR) is 81.8 cm³/mol. The number of aromatic nitrogens is 2. The van der Waals surface area contributed by atoms with Crippen LogP contribution < -0.4 is 10.9 Å². The molecule has 20 heavy (non-hydrogen) atoms. The van der Waals surface area contributed by atoms with Gasteiger partial charge in [0.15, 0.2) is 0 Å². The van der Waals surface area contributed by atoms with Crippen LogP contribution in [0.1, 0.15) is 9.75 Å². The summed E-state index contributed by atoms with van der Waals surface area (Å²) in [7, 11) is 1.57. The molecule has 2 aromatic heterocycles. The fraction of sp³-hybridized carbons (Fsp3) is 0.385. The Morgan fingerprint density at radius 3 is 2.95 bits per heavy atom. The lowest BCUT2D eigenvalue weighted by Crippen LogP contribution is -2.26. The van der Waals surface area contributed by atoms with Crippen molar-refractivity contribution in [3.05, 3.63) is 43.5 Å². The van der Waals surface area contributed by atoms with Crippen molar-refractivity contribution in [3.8, 4) is 0 Å². The molecule has 0 radical (unpaired) electrons. The molecule has 2 rings (SSSR count). The molecular formula is C13H16ClN3O2S. The third-order valence-corrected chi connectivity index (χ3v) is 4.11. The highest BCUT2D eigenvalue weighted by molar-refractivity contribution is 7.11. The van der Waals surface area contributed by atoms with Crippen LogP contribution in [0, 0.1) is 6.92 Å². The topological polar surface area (TPSA) is 56.1 Å². The van der Waals surface area contributed by atoms with E-state index < -0.39 is 0 Å². The average molecular weight is 314 g/mol. The highest BCUT2D eigenvalue weighted by Gasteiger charge is 2.09. The number of nitrogens with one attached hydrogen (secondary N) is 1. The molecule has 2 heterocycles. The van der Waals surface area contributed by atoms with E-state index in [1.165, 1.54) is 14.4 Å². The van der Waals surface area contributed by atoms with Crippen LogP contribution in [0.25, 0.3) is 0 Å². The van der Waals surface area contributed by atoms with Crippen molar-refractivity contribution in [2.24, 2.45) is 0 Å². The summed E-state index contributed by atoms with van der Waals surface area (Å²) in [6.45, 7) is 3.49. The van der Waals surface area contributed by atoms with Crippen molar-refractivity contribution in [1.82, 2.24) is 9.78 Å². The van der Waals surface area contributed by atoms with Crippen LogP contribution in [0.4, 0.5) is 5.69 Å². The van der Waals surface area contributed by atoms with Crippen LogP contribution in [0.3, 0.4) is 0 Å². The zero-order valence-electron chi connectivity index (χ0n) is 11.4. The summed E-state index contributed by atoms with van der Waals surface area (Å²) in [6.07, 6.45) is 1.57. The number of ether oxygens (including phenoxy) is 1.